The number of hydrogen-bond acceptors (Lipinski definition) is 6. The molecule has 0 saturated heterocycles. The number of nitrogens with zero attached hydrogens (tertiary/aromatic N) is 2. The Hall–Kier alpha value is -1.14. The lowest BCUT2D eigenvalue weighted by atomic mass is 9.85. The van der Waals surface area contributed by atoms with Crippen molar-refractivity contribution in [2.45, 2.75) is 26.2 Å². The van der Waals surface area contributed by atoms with Crippen LogP contribution in [0.15, 0.2) is 5.38 Å². The molecule has 3 rings (SSSR count). The maximum atomic E-state index is 5.96. The van der Waals surface area contributed by atoms with E-state index >= 15 is 0 Å². The topological polar surface area (TPSA) is 63.8 Å². The zero-order valence-electron chi connectivity index (χ0n) is 10.3. The number of aryl methyl sites for hydroxylation is 1. The van der Waals surface area contributed by atoms with Crippen LogP contribution in [0.2, 0.25) is 0 Å². The summed E-state index contributed by atoms with van der Waals surface area (Å²) in [7, 11) is 0. The molecular weight excluding hydrogens is 264 g/mol. The van der Waals surface area contributed by atoms with E-state index in [-0.39, 0.29) is 0 Å². The lowest BCUT2D eigenvalue weighted by Crippen LogP contribution is -2.20. The molecule has 1 aliphatic rings. The highest BCUT2D eigenvalue weighted by molar-refractivity contribution is 7.15. The number of rotatable bonds is 4. The number of nitrogens with one attached hydrogen (secondary N) is 1. The fourth-order valence-electron chi connectivity index (χ4n) is 2.03. The minimum absolute atomic E-state index is 0.588. The highest BCUT2D eigenvalue weighted by Crippen LogP contribution is 2.39. The maximum Gasteiger partial charge on any atom is 0.149 e. The fraction of sp³-hybridized carbons (Fsp3) is 0.500. The van der Waals surface area contributed by atoms with E-state index in [9.17, 15) is 0 Å². The molecular formula is C12H16N4S2. The van der Waals surface area contributed by atoms with Gasteiger partial charge in [0, 0.05) is 17.6 Å². The monoisotopic (exact) mass is 280 g/mol. The maximum absolute atomic E-state index is 5.96. The van der Waals surface area contributed by atoms with E-state index < -0.39 is 0 Å². The van der Waals surface area contributed by atoms with Gasteiger partial charge in [-0.15, -0.1) is 11.3 Å². The van der Waals surface area contributed by atoms with Crippen LogP contribution in [-0.4, -0.2) is 15.9 Å². The van der Waals surface area contributed by atoms with Gasteiger partial charge in [0.1, 0.15) is 15.8 Å². The Labute approximate surface area is 114 Å². The molecule has 6 heteroatoms. The minimum atomic E-state index is 0.588. The standard InChI is InChI=1S/C12H16N4S2/c1-7-6-17-12(15-7)9-10(13)16-18-11(9)14-5-8-3-2-4-8/h6,8,14H,2-5H2,1H3,(H2,13,16). The van der Waals surface area contributed by atoms with E-state index in [0.29, 0.717) is 5.82 Å². The van der Waals surface area contributed by atoms with Crippen molar-refractivity contribution in [3.63, 3.8) is 0 Å². The molecule has 0 unspecified atom stereocenters. The normalized spacial score (nSPS) is 15.6. The van der Waals surface area contributed by atoms with Crippen LogP contribution < -0.4 is 11.1 Å². The molecule has 4 nitrogen and oxygen atoms in total. The number of nitrogens with two attached hydrogens (primary N) is 1. The van der Waals surface area contributed by atoms with E-state index in [4.69, 9.17) is 5.73 Å². The molecule has 0 bridgehead atoms. The summed E-state index contributed by atoms with van der Waals surface area (Å²) in [6, 6.07) is 0. The number of hydrogen-bond donors (Lipinski definition) is 2. The SMILES string of the molecule is Cc1csc(-c2c(N)nsc2NCC2CCC2)n1. The summed E-state index contributed by atoms with van der Waals surface area (Å²) in [4.78, 5) is 4.50. The van der Waals surface area contributed by atoms with Crippen LogP contribution in [0.1, 0.15) is 25.0 Å². The largest absolute Gasteiger partial charge is 0.382 e. The summed E-state index contributed by atoms with van der Waals surface area (Å²) in [6.07, 6.45) is 4.05. The highest BCUT2D eigenvalue weighted by atomic mass is 32.1. The third-order valence-electron chi connectivity index (χ3n) is 3.33. The molecule has 0 amide bonds. The van der Waals surface area contributed by atoms with Crippen LogP contribution in [0.5, 0.6) is 0 Å². The van der Waals surface area contributed by atoms with Crippen molar-refractivity contribution in [3.8, 4) is 10.6 Å². The summed E-state index contributed by atoms with van der Waals surface area (Å²) < 4.78 is 4.25. The van der Waals surface area contributed by atoms with Crippen LogP contribution in [0.25, 0.3) is 10.6 Å². The Morgan fingerprint density at radius 3 is 2.94 bits per heavy atom. The number of aromatic nitrogens is 2. The van der Waals surface area contributed by atoms with Crippen molar-refractivity contribution in [2.75, 3.05) is 17.6 Å². The molecule has 0 radical (unpaired) electrons. The van der Waals surface area contributed by atoms with Crippen LogP contribution in [0, 0.1) is 12.8 Å². The summed E-state index contributed by atoms with van der Waals surface area (Å²) in [6.45, 7) is 3.02. The Morgan fingerprint density at radius 1 is 1.50 bits per heavy atom. The van der Waals surface area contributed by atoms with Crippen molar-refractivity contribution < 1.29 is 0 Å². The predicted molar refractivity (Wildman–Crippen MR) is 78.2 cm³/mol. The first-order valence-electron chi connectivity index (χ1n) is 6.15. The van der Waals surface area contributed by atoms with Crippen LogP contribution in [0.4, 0.5) is 10.8 Å². The lowest BCUT2D eigenvalue weighted by molar-refractivity contribution is 0.333. The summed E-state index contributed by atoms with van der Waals surface area (Å²) in [5, 5.41) is 7.56. The van der Waals surface area contributed by atoms with Gasteiger partial charge in [0.2, 0.25) is 0 Å². The van der Waals surface area contributed by atoms with Gasteiger partial charge in [0.05, 0.1) is 5.56 Å². The van der Waals surface area contributed by atoms with E-state index in [0.717, 1.165) is 33.7 Å². The first-order valence-corrected chi connectivity index (χ1v) is 7.81. The second kappa shape index (κ2) is 4.85. The average Bonchev–Trinajstić information content (AvgIpc) is 2.83. The zero-order chi connectivity index (χ0) is 12.5. The molecule has 18 heavy (non-hydrogen) atoms. The average molecular weight is 280 g/mol. The quantitative estimate of drug-likeness (QED) is 0.901. The second-order valence-corrected chi connectivity index (χ2v) is 6.38. The van der Waals surface area contributed by atoms with Crippen molar-refractivity contribution in [1.29, 1.82) is 0 Å². The predicted octanol–water partition coefficient (Wildman–Crippen LogP) is 3.37. The summed E-state index contributed by atoms with van der Waals surface area (Å²) in [5.41, 5.74) is 7.98. The lowest BCUT2D eigenvalue weighted by Gasteiger charge is -2.25. The fourth-order valence-corrected chi connectivity index (χ4v) is 3.67. The third kappa shape index (κ3) is 2.22. The third-order valence-corrected chi connectivity index (χ3v) is 5.12. The van der Waals surface area contributed by atoms with Crippen LogP contribution >= 0.6 is 22.9 Å². The molecule has 2 heterocycles. The molecule has 2 aromatic heterocycles. The molecule has 1 saturated carbocycles. The van der Waals surface area contributed by atoms with Crippen molar-refractivity contribution in [2.24, 2.45) is 5.92 Å². The van der Waals surface area contributed by atoms with E-state index in [2.05, 4.69) is 14.7 Å². The number of nitrogen functional groups attached to an aromatic ring is 1. The first-order chi connectivity index (χ1) is 8.74. The molecule has 3 N–H and O–H groups in total. The van der Waals surface area contributed by atoms with E-state index in [1.807, 2.05) is 12.3 Å². The molecule has 0 aliphatic heterocycles. The first kappa shape index (κ1) is 11.9. The molecule has 0 atom stereocenters. The Bertz CT molecular complexity index is 542. The van der Waals surface area contributed by atoms with Gasteiger partial charge < -0.3 is 11.1 Å². The smallest absolute Gasteiger partial charge is 0.149 e. The minimum Gasteiger partial charge on any atom is -0.382 e. The molecule has 0 spiro atoms. The van der Waals surface area contributed by atoms with Crippen LogP contribution in [-0.2, 0) is 0 Å². The van der Waals surface area contributed by atoms with E-state index in [1.54, 1.807) is 11.3 Å². The number of anilines is 2. The van der Waals surface area contributed by atoms with Gasteiger partial charge in [-0.25, -0.2) is 4.98 Å². The van der Waals surface area contributed by atoms with Gasteiger partial charge in [0.15, 0.2) is 0 Å². The summed E-state index contributed by atoms with van der Waals surface area (Å²) >= 11 is 3.06. The van der Waals surface area contributed by atoms with Gasteiger partial charge in [-0.2, -0.15) is 4.37 Å². The molecule has 0 aromatic carbocycles. The molecule has 2 aromatic rings. The Balaban J connectivity index is 1.81. The molecule has 1 fully saturated rings. The highest BCUT2D eigenvalue weighted by Gasteiger charge is 2.20. The van der Waals surface area contributed by atoms with Gasteiger partial charge in [-0.05, 0) is 37.2 Å². The van der Waals surface area contributed by atoms with Crippen LogP contribution in [0.3, 0.4) is 0 Å². The van der Waals surface area contributed by atoms with Crippen molar-refractivity contribution >= 4 is 33.7 Å². The zero-order valence-corrected chi connectivity index (χ0v) is 11.9. The second-order valence-electron chi connectivity index (χ2n) is 4.74. The van der Waals surface area contributed by atoms with Crippen molar-refractivity contribution in [3.05, 3.63) is 11.1 Å². The van der Waals surface area contributed by atoms with Gasteiger partial charge in [-0.1, -0.05) is 6.42 Å². The molecule has 1 aliphatic carbocycles. The summed E-state index contributed by atoms with van der Waals surface area (Å²) in [5.74, 6) is 1.41. The Morgan fingerprint density at radius 2 is 2.33 bits per heavy atom. The van der Waals surface area contributed by atoms with Gasteiger partial charge in [-0.3, -0.25) is 0 Å². The molecule has 96 valence electrons. The Kier molecular flexibility index (Phi) is 3.22. The van der Waals surface area contributed by atoms with Gasteiger partial charge in [0.25, 0.3) is 0 Å². The van der Waals surface area contributed by atoms with E-state index in [1.165, 1.54) is 30.8 Å². The van der Waals surface area contributed by atoms with Crippen molar-refractivity contribution in [1.82, 2.24) is 9.36 Å². The van der Waals surface area contributed by atoms with Gasteiger partial charge >= 0.3 is 0 Å². The number of thiazole rings is 1.